The van der Waals surface area contributed by atoms with Gasteiger partial charge >= 0.3 is 0 Å². The normalized spacial score (nSPS) is 17.1. The molecular weight excluding hydrogens is 424 g/mol. The summed E-state index contributed by atoms with van der Waals surface area (Å²) in [5.41, 5.74) is 4.95. The van der Waals surface area contributed by atoms with E-state index in [0.29, 0.717) is 36.9 Å². The minimum Gasteiger partial charge on any atom is -0.378 e. The van der Waals surface area contributed by atoms with Crippen LogP contribution in [-0.2, 0) is 4.74 Å². The van der Waals surface area contributed by atoms with Crippen LogP contribution in [0.15, 0.2) is 48.7 Å². The molecule has 0 N–H and O–H groups in total. The third kappa shape index (κ3) is 4.12. The maximum Gasteiger partial charge on any atom is 0.257 e. The van der Waals surface area contributed by atoms with E-state index < -0.39 is 0 Å². The highest BCUT2D eigenvalue weighted by Crippen LogP contribution is 2.34. The Balaban J connectivity index is 1.49. The number of benzene rings is 2. The molecule has 2 aliphatic rings. The highest BCUT2D eigenvalue weighted by molar-refractivity contribution is 6.31. The molecule has 166 valence electrons. The van der Waals surface area contributed by atoms with E-state index in [9.17, 15) is 4.79 Å². The van der Waals surface area contributed by atoms with Gasteiger partial charge < -0.3 is 19.4 Å². The van der Waals surface area contributed by atoms with Crippen LogP contribution in [0.2, 0.25) is 5.02 Å². The molecule has 2 saturated heterocycles. The number of hydrogen-bond acceptors (Lipinski definition) is 5. The summed E-state index contributed by atoms with van der Waals surface area (Å²) in [6, 6.07) is 14.3. The Hall–Kier alpha value is -2.83. The molecule has 0 saturated carbocycles. The molecule has 2 aliphatic heterocycles. The van der Waals surface area contributed by atoms with E-state index in [2.05, 4.69) is 46.0 Å². The SMILES string of the molecule is Cc1cccc(N2CCN(c3c(C(=O)N4CCOCC4)cnc4ccc(Cl)cc34)CC2)c1. The molecule has 0 atom stereocenters. The summed E-state index contributed by atoms with van der Waals surface area (Å²) in [5, 5.41) is 1.58. The zero-order chi connectivity index (χ0) is 22.1. The number of carbonyl (C=O) groups is 1. The number of anilines is 2. The van der Waals surface area contributed by atoms with Gasteiger partial charge in [0.15, 0.2) is 0 Å². The lowest BCUT2D eigenvalue weighted by atomic mass is 10.1. The number of hydrogen-bond donors (Lipinski definition) is 0. The van der Waals surface area contributed by atoms with Crippen molar-refractivity contribution in [2.45, 2.75) is 6.92 Å². The van der Waals surface area contributed by atoms with Crippen LogP contribution in [0.1, 0.15) is 15.9 Å². The molecule has 0 bridgehead atoms. The number of pyridine rings is 1. The molecule has 32 heavy (non-hydrogen) atoms. The third-order valence-corrected chi connectivity index (χ3v) is 6.53. The number of ether oxygens (including phenoxy) is 1. The lowest BCUT2D eigenvalue weighted by Crippen LogP contribution is -2.47. The summed E-state index contributed by atoms with van der Waals surface area (Å²) < 4.78 is 5.44. The number of carbonyl (C=O) groups excluding carboxylic acids is 1. The van der Waals surface area contributed by atoms with Gasteiger partial charge in [-0.05, 0) is 42.8 Å². The summed E-state index contributed by atoms with van der Waals surface area (Å²) >= 11 is 6.36. The van der Waals surface area contributed by atoms with Crippen molar-refractivity contribution in [3.05, 3.63) is 64.8 Å². The minimum absolute atomic E-state index is 0.0128. The Kier molecular flexibility index (Phi) is 5.89. The topological polar surface area (TPSA) is 48.9 Å². The van der Waals surface area contributed by atoms with Gasteiger partial charge in [0, 0.05) is 61.6 Å². The van der Waals surface area contributed by atoms with Crippen molar-refractivity contribution in [2.24, 2.45) is 0 Å². The van der Waals surface area contributed by atoms with E-state index in [0.717, 1.165) is 42.8 Å². The summed E-state index contributed by atoms with van der Waals surface area (Å²) in [6.07, 6.45) is 1.73. The van der Waals surface area contributed by atoms with Gasteiger partial charge in [-0.15, -0.1) is 0 Å². The Morgan fingerprint density at radius 3 is 2.47 bits per heavy atom. The Morgan fingerprint density at radius 1 is 0.969 bits per heavy atom. The van der Waals surface area contributed by atoms with Gasteiger partial charge in [-0.1, -0.05) is 23.7 Å². The number of fused-ring (bicyclic) bond motifs is 1. The first-order valence-corrected chi connectivity index (χ1v) is 11.5. The standard InChI is InChI=1S/C25H27ClN4O2/c1-18-3-2-4-20(15-18)28-7-9-29(10-8-28)24-21-16-19(26)5-6-23(21)27-17-22(24)25(31)30-11-13-32-14-12-30/h2-6,15-17H,7-14H2,1H3. The smallest absolute Gasteiger partial charge is 0.257 e. The minimum atomic E-state index is 0.0128. The summed E-state index contributed by atoms with van der Waals surface area (Å²) in [5.74, 6) is 0.0128. The van der Waals surface area contributed by atoms with Crippen LogP contribution in [0.5, 0.6) is 0 Å². The van der Waals surface area contributed by atoms with Crippen LogP contribution >= 0.6 is 11.6 Å². The zero-order valence-corrected chi connectivity index (χ0v) is 19.0. The fraction of sp³-hybridized carbons (Fsp3) is 0.360. The second kappa shape index (κ2) is 8.96. The first-order chi connectivity index (χ1) is 15.6. The quantitative estimate of drug-likeness (QED) is 0.603. The fourth-order valence-electron chi connectivity index (χ4n) is 4.60. The van der Waals surface area contributed by atoms with Crippen LogP contribution in [0, 0.1) is 6.92 Å². The number of rotatable bonds is 3. The van der Waals surface area contributed by atoms with Gasteiger partial charge in [-0.2, -0.15) is 0 Å². The van der Waals surface area contributed by atoms with Gasteiger partial charge in [0.1, 0.15) is 0 Å². The largest absolute Gasteiger partial charge is 0.378 e. The van der Waals surface area contributed by atoms with Crippen LogP contribution in [0.3, 0.4) is 0 Å². The number of aryl methyl sites for hydroxylation is 1. The number of nitrogens with zero attached hydrogens (tertiary/aromatic N) is 4. The van der Waals surface area contributed by atoms with Crippen molar-refractivity contribution < 1.29 is 9.53 Å². The van der Waals surface area contributed by atoms with E-state index in [4.69, 9.17) is 16.3 Å². The van der Waals surface area contributed by atoms with Crippen molar-refractivity contribution in [2.75, 3.05) is 62.3 Å². The maximum absolute atomic E-state index is 13.5. The molecule has 7 heteroatoms. The number of morpholine rings is 1. The summed E-state index contributed by atoms with van der Waals surface area (Å²) in [6.45, 7) is 7.90. The first-order valence-electron chi connectivity index (χ1n) is 11.1. The Labute approximate surface area is 193 Å². The molecule has 1 amide bonds. The second-order valence-electron chi connectivity index (χ2n) is 8.40. The average molecular weight is 451 g/mol. The molecule has 5 rings (SSSR count). The van der Waals surface area contributed by atoms with E-state index in [1.54, 1.807) is 6.20 Å². The zero-order valence-electron chi connectivity index (χ0n) is 18.3. The number of piperazine rings is 1. The van der Waals surface area contributed by atoms with Crippen LogP contribution in [-0.4, -0.2) is 68.3 Å². The highest BCUT2D eigenvalue weighted by Gasteiger charge is 2.28. The molecule has 6 nitrogen and oxygen atoms in total. The third-order valence-electron chi connectivity index (χ3n) is 6.29. The van der Waals surface area contributed by atoms with E-state index >= 15 is 0 Å². The van der Waals surface area contributed by atoms with Crippen molar-refractivity contribution in [3.63, 3.8) is 0 Å². The predicted octanol–water partition coefficient (Wildman–Crippen LogP) is 4.00. The predicted molar refractivity (Wildman–Crippen MR) is 129 cm³/mol. The molecular formula is C25H27ClN4O2. The Morgan fingerprint density at radius 2 is 1.72 bits per heavy atom. The van der Waals surface area contributed by atoms with Gasteiger partial charge in [-0.25, -0.2) is 0 Å². The average Bonchev–Trinajstić information content (AvgIpc) is 2.83. The van der Waals surface area contributed by atoms with Crippen LogP contribution in [0.4, 0.5) is 11.4 Å². The molecule has 1 aromatic heterocycles. The molecule has 2 fully saturated rings. The van der Waals surface area contributed by atoms with Gasteiger partial charge in [0.05, 0.1) is 30.0 Å². The van der Waals surface area contributed by atoms with Crippen LogP contribution in [0.25, 0.3) is 10.9 Å². The summed E-state index contributed by atoms with van der Waals surface area (Å²) in [4.78, 5) is 24.7. The number of halogens is 1. The van der Waals surface area contributed by atoms with Crippen molar-refractivity contribution >= 4 is 39.8 Å². The monoisotopic (exact) mass is 450 g/mol. The van der Waals surface area contributed by atoms with E-state index in [1.165, 1.54) is 11.3 Å². The lowest BCUT2D eigenvalue weighted by Gasteiger charge is -2.39. The molecule has 2 aromatic carbocycles. The summed E-state index contributed by atoms with van der Waals surface area (Å²) in [7, 11) is 0. The molecule has 0 spiro atoms. The fourth-order valence-corrected chi connectivity index (χ4v) is 4.77. The molecule has 0 aliphatic carbocycles. The van der Waals surface area contributed by atoms with E-state index in [1.807, 2.05) is 23.1 Å². The molecule has 3 aromatic rings. The highest BCUT2D eigenvalue weighted by atomic mass is 35.5. The Bertz CT molecular complexity index is 1140. The number of amides is 1. The molecule has 3 heterocycles. The second-order valence-corrected chi connectivity index (χ2v) is 8.84. The van der Waals surface area contributed by atoms with Gasteiger partial charge in [-0.3, -0.25) is 9.78 Å². The van der Waals surface area contributed by atoms with Crippen molar-refractivity contribution in [1.82, 2.24) is 9.88 Å². The van der Waals surface area contributed by atoms with Crippen molar-refractivity contribution in [3.8, 4) is 0 Å². The number of aromatic nitrogens is 1. The molecule has 0 unspecified atom stereocenters. The van der Waals surface area contributed by atoms with Crippen LogP contribution < -0.4 is 9.80 Å². The molecule has 0 radical (unpaired) electrons. The maximum atomic E-state index is 13.5. The van der Waals surface area contributed by atoms with E-state index in [-0.39, 0.29) is 5.91 Å². The van der Waals surface area contributed by atoms with Gasteiger partial charge in [0.25, 0.3) is 5.91 Å². The van der Waals surface area contributed by atoms with Gasteiger partial charge in [0.2, 0.25) is 0 Å². The van der Waals surface area contributed by atoms with Crippen molar-refractivity contribution in [1.29, 1.82) is 0 Å². The lowest BCUT2D eigenvalue weighted by molar-refractivity contribution is 0.0303. The first kappa shape index (κ1) is 21.0.